The molecule has 0 aromatic heterocycles. The van der Waals surface area contributed by atoms with Crippen molar-refractivity contribution < 1.29 is 14.3 Å². The number of carbonyl (C=O) groups is 2. The van der Waals surface area contributed by atoms with E-state index >= 15 is 0 Å². The maximum atomic E-state index is 12.3. The van der Waals surface area contributed by atoms with Gasteiger partial charge in [0.15, 0.2) is 0 Å². The molecule has 2 aromatic rings. The largest absolute Gasteiger partial charge is 0.444 e. The number of anilines is 2. The number of nitrogens with zero attached hydrogens (tertiary/aromatic N) is 2. The van der Waals surface area contributed by atoms with E-state index in [2.05, 4.69) is 10.2 Å². The van der Waals surface area contributed by atoms with Gasteiger partial charge >= 0.3 is 6.09 Å². The zero-order chi connectivity index (χ0) is 18.6. The van der Waals surface area contributed by atoms with Gasteiger partial charge in [-0.2, -0.15) is 0 Å². The molecule has 1 fully saturated rings. The van der Waals surface area contributed by atoms with Crippen molar-refractivity contribution in [1.82, 2.24) is 4.90 Å². The number of hydrogen-bond acceptors (Lipinski definition) is 4. The van der Waals surface area contributed by atoms with Gasteiger partial charge in [-0.15, -0.1) is 12.4 Å². The lowest BCUT2D eigenvalue weighted by Crippen LogP contribution is -2.50. The smallest absolute Gasteiger partial charge is 0.414 e. The summed E-state index contributed by atoms with van der Waals surface area (Å²) in [5.41, 5.74) is 2.81. The van der Waals surface area contributed by atoms with Gasteiger partial charge in [0.05, 0.1) is 12.2 Å². The average molecular weight is 402 g/mol. The second-order valence-corrected chi connectivity index (χ2v) is 6.97. The van der Waals surface area contributed by atoms with Crippen LogP contribution in [0, 0.1) is 0 Å². The van der Waals surface area contributed by atoms with Gasteiger partial charge in [-0.1, -0.05) is 36.4 Å². The SMILES string of the molecule is Cl.O=C(CN1CCC(N2C(=O)OCc3ccccc32)CC1)Nc1ccccc1. The summed E-state index contributed by atoms with van der Waals surface area (Å²) in [6.45, 7) is 2.25. The van der Waals surface area contributed by atoms with Gasteiger partial charge in [0.2, 0.25) is 5.91 Å². The van der Waals surface area contributed by atoms with E-state index < -0.39 is 0 Å². The number of piperidine rings is 1. The maximum Gasteiger partial charge on any atom is 0.414 e. The molecule has 0 saturated carbocycles. The summed E-state index contributed by atoms with van der Waals surface area (Å²) >= 11 is 0. The van der Waals surface area contributed by atoms with Gasteiger partial charge < -0.3 is 10.1 Å². The normalized spacial score (nSPS) is 17.3. The molecule has 6 nitrogen and oxygen atoms in total. The molecule has 0 radical (unpaired) electrons. The Hall–Kier alpha value is -2.57. The first-order chi connectivity index (χ1) is 13.2. The van der Waals surface area contributed by atoms with Crippen molar-refractivity contribution >= 4 is 35.8 Å². The number of para-hydroxylation sites is 2. The highest BCUT2D eigenvalue weighted by molar-refractivity contribution is 5.92. The van der Waals surface area contributed by atoms with Crippen LogP contribution in [0.5, 0.6) is 0 Å². The average Bonchev–Trinajstić information content (AvgIpc) is 2.69. The number of benzene rings is 2. The van der Waals surface area contributed by atoms with E-state index in [-0.39, 0.29) is 30.4 Å². The Kier molecular flexibility index (Phi) is 6.54. The summed E-state index contributed by atoms with van der Waals surface area (Å²) in [5.74, 6) is -0.0117. The molecule has 1 saturated heterocycles. The summed E-state index contributed by atoms with van der Waals surface area (Å²) in [5, 5.41) is 2.92. The van der Waals surface area contributed by atoms with Gasteiger partial charge in [0.1, 0.15) is 6.61 Å². The first-order valence-electron chi connectivity index (χ1n) is 9.32. The van der Waals surface area contributed by atoms with Crippen LogP contribution < -0.4 is 10.2 Å². The lowest BCUT2D eigenvalue weighted by molar-refractivity contribution is -0.117. The van der Waals surface area contributed by atoms with Crippen LogP contribution in [0.3, 0.4) is 0 Å². The summed E-state index contributed by atoms with van der Waals surface area (Å²) in [7, 11) is 0. The zero-order valence-electron chi connectivity index (χ0n) is 15.5. The molecular formula is C21H24ClN3O3. The number of hydrogen-bond donors (Lipinski definition) is 1. The molecule has 2 aliphatic heterocycles. The first-order valence-corrected chi connectivity index (χ1v) is 9.32. The van der Waals surface area contributed by atoms with Crippen LogP contribution in [0.2, 0.25) is 0 Å². The summed E-state index contributed by atoms with van der Waals surface area (Å²) in [6.07, 6.45) is 1.37. The molecule has 28 heavy (non-hydrogen) atoms. The van der Waals surface area contributed by atoms with Crippen LogP contribution >= 0.6 is 12.4 Å². The highest BCUT2D eigenvalue weighted by Gasteiger charge is 2.34. The van der Waals surface area contributed by atoms with Crippen LogP contribution in [-0.2, 0) is 16.1 Å². The van der Waals surface area contributed by atoms with Crippen LogP contribution in [0.4, 0.5) is 16.2 Å². The Balaban J connectivity index is 0.00000225. The zero-order valence-corrected chi connectivity index (χ0v) is 16.4. The number of cyclic esters (lactones) is 1. The van der Waals surface area contributed by atoms with E-state index in [0.717, 1.165) is 42.9 Å². The van der Waals surface area contributed by atoms with E-state index in [1.165, 1.54) is 0 Å². The van der Waals surface area contributed by atoms with Crippen molar-refractivity contribution in [2.24, 2.45) is 0 Å². The molecule has 0 atom stereocenters. The van der Waals surface area contributed by atoms with Crippen molar-refractivity contribution in [3.05, 3.63) is 60.2 Å². The molecule has 148 valence electrons. The fraction of sp³-hybridized carbons (Fsp3) is 0.333. The lowest BCUT2D eigenvalue weighted by Gasteiger charge is -2.40. The monoisotopic (exact) mass is 401 g/mol. The Labute approximate surface area is 170 Å². The molecule has 2 heterocycles. The minimum Gasteiger partial charge on any atom is -0.444 e. The minimum absolute atomic E-state index is 0. The quantitative estimate of drug-likeness (QED) is 0.849. The molecule has 2 aliphatic rings. The number of nitrogens with one attached hydrogen (secondary N) is 1. The molecule has 7 heteroatoms. The first kappa shape index (κ1) is 20.2. The van der Waals surface area contributed by atoms with Crippen LogP contribution in [0.25, 0.3) is 0 Å². The Morgan fingerprint density at radius 3 is 2.46 bits per heavy atom. The van der Waals surface area contributed by atoms with Crippen molar-refractivity contribution in [3.8, 4) is 0 Å². The molecule has 0 unspecified atom stereocenters. The predicted molar refractivity (Wildman–Crippen MR) is 111 cm³/mol. The lowest BCUT2D eigenvalue weighted by atomic mass is 10.0. The third kappa shape index (κ3) is 4.46. The van der Waals surface area contributed by atoms with E-state index in [1.54, 1.807) is 4.90 Å². The van der Waals surface area contributed by atoms with Crippen molar-refractivity contribution in [2.45, 2.75) is 25.5 Å². The van der Waals surface area contributed by atoms with Crippen LogP contribution in [-0.4, -0.2) is 42.6 Å². The van der Waals surface area contributed by atoms with Crippen molar-refractivity contribution in [3.63, 3.8) is 0 Å². The number of fused-ring (bicyclic) bond motifs is 1. The third-order valence-electron chi connectivity index (χ3n) is 5.15. The molecule has 2 amide bonds. The fourth-order valence-electron chi connectivity index (χ4n) is 3.78. The van der Waals surface area contributed by atoms with Crippen LogP contribution in [0.1, 0.15) is 18.4 Å². The van der Waals surface area contributed by atoms with Gasteiger partial charge in [-0.3, -0.25) is 14.6 Å². The molecule has 4 rings (SSSR count). The number of halogens is 1. The molecule has 0 aliphatic carbocycles. The molecule has 2 aromatic carbocycles. The van der Waals surface area contributed by atoms with Gasteiger partial charge in [0, 0.05) is 30.4 Å². The van der Waals surface area contributed by atoms with Crippen molar-refractivity contribution in [1.29, 1.82) is 0 Å². The summed E-state index contributed by atoms with van der Waals surface area (Å²) in [6, 6.07) is 17.5. The third-order valence-corrected chi connectivity index (χ3v) is 5.15. The summed E-state index contributed by atoms with van der Waals surface area (Å²) in [4.78, 5) is 28.5. The van der Waals surface area contributed by atoms with E-state index in [9.17, 15) is 9.59 Å². The van der Waals surface area contributed by atoms with Crippen molar-refractivity contribution in [2.75, 3.05) is 29.9 Å². The minimum atomic E-state index is -0.269. The van der Waals surface area contributed by atoms with E-state index in [1.807, 2.05) is 54.6 Å². The van der Waals surface area contributed by atoms with Gasteiger partial charge in [0.25, 0.3) is 0 Å². The number of carbonyl (C=O) groups excluding carboxylic acids is 2. The van der Waals surface area contributed by atoms with Gasteiger partial charge in [-0.25, -0.2) is 4.79 Å². The van der Waals surface area contributed by atoms with Crippen LogP contribution in [0.15, 0.2) is 54.6 Å². The second-order valence-electron chi connectivity index (χ2n) is 6.97. The Morgan fingerprint density at radius 1 is 1.04 bits per heavy atom. The Bertz CT molecular complexity index is 823. The number of likely N-dealkylation sites (tertiary alicyclic amines) is 1. The topological polar surface area (TPSA) is 61.9 Å². The number of ether oxygens (including phenoxy) is 1. The number of rotatable bonds is 4. The Morgan fingerprint density at radius 2 is 1.71 bits per heavy atom. The second kappa shape index (κ2) is 9.08. The standard InChI is InChI=1S/C21H23N3O3.ClH/c25-20(22-17-7-2-1-3-8-17)14-23-12-10-18(11-13-23)24-19-9-5-4-6-16(19)15-27-21(24)26;/h1-9,18H,10-15H2,(H,22,25);1H. The highest BCUT2D eigenvalue weighted by atomic mass is 35.5. The molecular weight excluding hydrogens is 378 g/mol. The molecule has 0 spiro atoms. The predicted octanol–water partition coefficient (Wildman–Crippen LogP) is 3.67. The highest BCUT2D eigenvalue weighted by Crippen LogP contribution is 2.31. The maximum absolute atomic E-state index is 12.3. The van der Waals surface area contributed by atoms with Gasteiger partial charge in [-0.05, 0) is 31.0 Å². The molecule has 0 bridgehead atoms. The number of amides is 2. The molecule has 1 N–H and O–H groups in total. The summed E-state index contributed by atoms with van der Waals surface area (Å²) < 4.78 is 5.34. The van der Waals surface area contributed by atoms with E-state index in [4.69, 9.17) is 4.74 Å². The fourth-order valence-corrected chi connectivity index (χ4v) is 3.78. The van der Waals surface area contributed by atoms with E-state index in [0.29, 0.717) is 13.2 Å².